The van der Waals surface area contributed by atoms with Gasteiger partial charge in [-0.3, -0.25) is 0 Å². The summed E-state index contributed by atoms with van der Waals surface area (Å²) >= 11 is 0. The third-order valence-corrected chi connectivity index (χ3v) is 2.93. The molecule has 0 atom stereocenters. The Labute approximate surface area is 120 Å². The van der Waals surface area contributed by atoms with Gasteiger partial charge in [0.15, 0.2) is 17.4 Å². The molecule has 0 aliphatic rings. The average Bonchev–Trinajstić information content (AvgIpc) is 2.47. The molecule has 2 aromatic carbocycles. The first kappa shape index (κ1) is 15.2. The molecule has 0 bridgehead atoms. The van der Waals surface area contributed by atoms with Gasteiger partial charge in [0.05, 0.1) is 7.11 Å². The van der Waals surface area contributed by atoms with Gasteiger partial charge in [-0.2, -0.15) is 0 Å². The van der Waals surface area contributed by atoms with Crippen molar-refractivity contribution in [3.05, 3.63) is 58.9 Å². The summed E-state index contributed by atoms with van der Waals surface area (Å²) in [5, 5.41) is 0. The number of nitrogens with two attached hydrogens (primary N) is 1. The van der Waals surface area contributed by atoms with Crippen LogP contribution >= 0.6 is 0 Å². The Balaban J connectivity index is 2.17. The summed E-state index contributed by atoms with van der Waals surface area (Å²) in [7, 11) is 1.41. The van der Waals surface area contributed by atoms with Crippen LogP contribution in [-0.4, -0.2) is 7.11 Å². The summed E-state index contributed by atoms with van der Waals surface area (Å²) in [6.07, 6.45) is 0. The number of hydrogen-bond donors (Lipinski definition) is 1. The molecule has 2 aromatic rings. The van der Waals surface area contributed by atoms with Crippen molar-refractivity contribution < 1.29 is 22.6 Å². The van der Waals surface area contributed by atoms with E-state index in [9.17, 15) is 13.2 Å². The lowest BCUT2D eigenvalue weighted by molar-refractivity contribution is 0.268. The van der Waals surface area contributed by atoms with E-state index in [1.807, 2.05) is 0 Å². The molecule has 0 aliphatic carbocycles. The zero-order chi connectivity index (χ0) is 15.4. The predicted molar refractivity (Wildman–Crippen MR) is 71.5 cm³/mol. The van der Waals surface area contributed by atoms with Crippen molar-refractivity contribution in [2.45, 2.75) is 13.2 Å². The molecule has 2 rings (SSSR count). The Morgan fingerprint density at radius 1 is 1.00 bits per heavy atom. The van der Waals surface area contributed by atoms with Crippen LogP contribution in [0, 0.1) is 17.5 Å². The second kappa shape index (κ2) is 6.49. The van der Waals surface area contributed by atoms with Crippen molar-refractivity contribution in [1.29, 1.82) is 0 Å². The van der Waals surface area contributed by atoms with Gasteiger partial charge in [-0.15, -0.1) is 0 Å². The summed E-state index contributed by atoms with van der Waals surface area (Å²) < 4.78 is 51.0. The van der Waals surface area contributed by atoms with Gasteiger partial charge in [-0.05, 0) is 29.8 Å². The Morgan fingerprint density at radius 3 is 2.19 bits per heavy atom. The lowest BCUT2D eigenvalue weighted by Gasteiger charge is -2.11. The fraction of sp³-hybridized carbons (Fsp3) is 0.200. The molecule has 0 saturated carbocycles. The molecule has 0 aliphatic heterocycles. The molecule has 112 valence electrons. The standard InChI is InChI=1S/C15H14F3NO2/c1-20-11-3-2-10(12(16)6-11)8-21-15-13(17)4-9(7-19)5-14(15)18/h2-6H,7-8,19H2,1H3. The number of hydrogen-bond acceptors (Lipinski definition) is 3. The maximum atomic E-state index is 13.7. The fourth-order valence-electron chi connectivity index (χ4n) is 1.79. The molecule has 21 heavy (non-hydrogen) atoms. The van der Waals surface area contributed by atoms with Gasteiger partial charge in [0.25, 0.3) is 0 Å². The van der Waals surface area contributed by atoms with Crippen LogP contribution in [0.1, 0.15) is 11.1 Å². The topological polar surface area (TPSA) is 44.5 Å². The van der Waals surface area contributed by atoms with E-state index < -0.39 is 23.2 Å². The fourth-order valence-corrected chi connectivity index (χ4v) is 1.79. The summed E-state index contributed by atoms with van der Waals surface area (Å²) in [5.74, 6) is -2.52. The average molecular weight is 297 g/mol. The van der Waals surface area contributed by atoms with Crippen molar-refractivity contribution in [3.63, 3.8) is 0 Å². The zero-order valence-corrected chi connectivity index (χ0v) is 11.3. The molecular formula is C15H14F3NO2. The van der Waals surface area contributed by atoms with Crippen molar-refractivity contribution >= 4 is 0 Å². The number of methoxy groups -OCH3 is 1. The summed E-state index contributed by atoms with van der Waals surface area (Å²) in [4.78, 5) is 0. The summed E-state index contributed by atoms with van der Waals surface area (Å²) in [6, 6.07) is 6.30. The Kier molecular flexibility index (Phi) is 4.70. The molecule has 0 amide bonds. The lowest BCUT2D eigenvalue weighted by Crippen LogP contribution is -2.04. The van der Waals surface area contributed by atoms with Gasteiger partial charge < -0.3 is 15.2 Å². The minimum Gasteiger partial charge on any atom is -0.497 e. The first-order chi connectivity index (χ1) is 10.0. The van der Waals surface area contributed by atoms with Gasteiger partial charge in [0.1, 0.15) is 18.2 Å². The van der Waals surface area contributed by atoms with Crippen LogP contribution in [-0.2, 0) is 13.2 Å². The first-order valence-electron chi connectivity index (χ1n) is 6.18. The molecule has 3 nitrogen and oxygen atoms in total. The van der Waals surface area contributed by atoms with E-state index in [1.54, 1.807) is 0 Å². The highest BCUT2D eigenvalue weighted by molar-refractivity contribution is 5.32. The molecule has 6 heteroatoms. The molecule has 0 radical (unpaired) electrons. The second-order valence-electron chi connectivity index (χ2n) is 4.34. The minimum absolute atomic E-state index is 0.0151. The molecule has 0 saturated heterocycles. The van der Waals surface area contributed by atoms with Crippen molar-refractivity contribution in [3.8, 4) is 11.5 Å². The minimum atomic E-state index is -0.871. The van der Waals surface area contributed by atoms with Crippen LogP contribution < -0.4 is 15.2 Å². The van der Waals surface area contributed by atoms with Gasteiger partial charge in [0.2, 0.25) is 0 Å². The Bertz CT molecular complexity index is 624. The van der Waals surface area contributed by atoms with E-state index >= 15 is 0 Å². The van der Waals surface area contributed by atoms with Crippen LogP contribution in [0.25, 0.3) is 0 Å². The van der Waals surface area contributed by atoms with Crippen LogP contribution in [0.2, 0.25) is 0 Å². The predicted octanol–water partition coefficient (Wildman–Crippen LogP) is 3.15. The highest BCUT2D eigenvalue weighted by Crippen LogP contribution is 2.25. The van der Waals surface area contributed by atoms with Gasteiger partial charge in [-0.1, -0.05) is 0 Å². The zero-order valence-electron chi connectivity index (χ0n) is 11.3. The van der Waals surface area contributed by atoms with Crippen molar-refractivity contribution in [2.24, 2.45) is 5.73 Å². The van der Waals surface area contributed by atoms with Crippen LogP contribution in [0.3, 0.4) is 0 Å². The van der Waals surface area contributed by atoms with Gasteiger partial charge in [0, 0.05) is 18.2 Å². The van der Waals surface area contributed by atoms with Gasteiger partial charge in [-0.25, -0.2) is 13.2 Å². The third kappa shape index (κ3) is 3.46. The Hall–Kier alpha value is -2.21. The van der Waals surface area contributed by atoms with Crippen molar-refractivity contribution in [2.75, 3.05) is 7.11 Å². The molecule has 0 unspecified atom stereocenters. The molecule has 2 N–H and O–H groups in total. The van der Waals surface area contributed by atoms with E-state index in [1.165, 1.54) is 25.3 Å². The van der Waals surface area contributed by atoms with Crippen molar-refractivity contribution in [1.82, 2.24) is 0 Å². The maximum absolute atomic E-state index is 13.7. The molecule has 0 aromatic heterocycles. The lowest BCUT2D eigenvalue weighted by atomic mass is 10.2. The number of rotatable bonds is 5. The van der Waals surface area contributed by atoms with Gasteiger partial charge >= 0.3 is 0 Å². The number of halogens is 3. The van der Waals surface area contributed by atoms with E-state index in [4.69, 9.17) is 15.2 Å². The van der Waals surface area contributed by atoms with Crippen LogP contribution in [0.5, 0.6) is 11.5 Å². The molecule has 0 heterocycles. The highest BCUT2D eigenvalue weighted by atomic mass is 19.1. The first-order valence-corrected chi connectivity index (χ1v) is 6.18. The SMILES string of the molecule is COc1ccc(COc2c(F)cc(CN)cc2F)c(F)c1. The summed E-state index contributed by atoms with van der Waals surface area (Å²) in [6.45, 7) is -0.285. The Morgan fingerprint density at radius 2 is 1.67 bits per heavy atom. The highest BCUT2D eigenvalue weighted by Gasteiger charge is 2.13. The second-order valence-corrected chi connectivity index (χ2v) is 4.34. The normalized spacial score (nSPS) is 10.5. The monoisotopic (exact) mass is 297 g/mol. The molecule has 0 fully saturated rings. The van der Waals surface area contributed by atoms with Crippen LogP contribution in [0.4, 0.5) is 13.2 Å². The van der Waals surface area contributed by atoms with E-state index in [0.717, 1.165) is 12.1 Å². The number of benzene rings is 2. The van der Waals surface area contributed by atoms with E-state index in [2.05, 4.69) is 0 Å². The van der Waals surface area contributed by atoms with E-state index in [0.29, 0.717) is 11.3 Å². The molecular weight excluding hydrogens is 283 g/mol. The third-order valence-electron chi connectivity index (χ3n) is 2.93. The summed E-state index contributed by atoms with van der Waals surface area (Å²) in [5.41, 5.74) is 5.79. The molecule has 0 spiro atoms. The largest absolute Gasteiger partial charge is 0.497 e. The quantitative estimate of drug-likeness (QED) is 0.922. The van der Waals surface area contributed by atoms with Crippen LogP contribution in [0.15, 0.2) is 30.3 Å². The number of ether oxygens (including phenoxy) is 2. The smallest absolute Gasteiger partial charge is 0.191 e. The maximum Gasteiger partial charge on any atom is 0.191 e. The van der Waals surface area contributed by atoms with E-state index in [-0.39, 0.29) is 18.7 Å².